The fourth-order valence-electron chi connectivity index (χ4n) is 1.15. The zero-order valence-electron chi connectivity index (χ0n) is 9.74. The summed E-state index contributed by atoms with van der Waals surface area (Å²) in [7, 11) is 0. The molecule has 0 saturated carbocycles. The number of nitrogens with one attached hydrogen (secondary N) is 1. The Morgan fingerprint density at radius 2 is 2.18 bits per heavy atom. The third-order valence-electron chi connectivity index (χ3n) is 1.98. The Morgan fingerprint density at radius 1 is 1.53 bits per heavy atom. The van der Waals surface area contributed by atoms with Crippen LogP contribution in [0.1, 0.15) is 13.8 Å². The first-order chi connectivity index (χ1) is 7.78. The third kappa shape index (κ3) is 5.14. The summed E-state index contributed by atoms with van der Waals surface area (Å²) < 4.78 is 2.02. The van der Waals surface area contributed by atoms with Crippen molar-refractivity contribution >= 4 is 21.8 Å². The van der Waals surface area contributed by atoms with Gasteiger partial charge in [-0.2, -0.15) is 0 Å². The number of aliphatic hydroxyl groups is 1. The topological polar surface area (TPSA) is 71.3 Å². The molecule has 17 heavy (non-hydrogen) atoms. The number of carbonyl (C=O) groups is 1. The minimum absolute atomic E-state index is 0.0612. The van der Waals surface area contributed by atoms with Gasteiger partial charge in [-0.25, -0.2) is 0 Å². The van der Waals surface area contributed by atoms with Gasteiger partial charge in [0.1, 0.15) is 6.54 Å². The average molecular weight is 303 g/mol. The zero-order valence-corrected chi connectivity index (χ0v) is 11.3. The van der Waals surface area contributed by atoms with E-state index in [4.69, 9.17) is 0 Å². The maximum atomic E-state index is 11.5. The van der Waals surface area contributed by atoms with Crippen LogP contribution >= 0.6 is 15.9 Å². The Morgan fingerprint density at radius 3 is 2.76 bits per heavy atom. The first-order valence-corrected chi connectivity index (χ1v) is 5.92. The lowest BCUT2D eigenvalue weighted by atomic mass is 10.1. The normalized spacial score (nSPS) is 11.3. The standard InChI is InChI=1S/C11H15BrN2O3/c1-11(2,17)7-13-9(15)6-14-5-8(12)3-4-10(14)16/h3-5,17H,6-7H2,1-2H3,(H,13,15). The summed E-state index contributed by atoms with van der Waals surface area (Å²) in [6.07, 6.45) is 1.55. The third-order valence-corrected chi connectivity index (χ3v) is 2.45. The Kier molecular flexibility index (Phi) is 4.47. The van der Waals surface area contributed by atoms with Crippen molar-refractivity contribution in [2.24, 2.45) is 0 Å². The highest BCUT2D eigenvalue weighted by atomic mass is 79.9. The van der Waals surface area contributed by atoms with Gasteiger partial charge in [0.15, 0.2) is 0 Å². The van der Waals surface area contributed by atoms with E-state index >= 15 is 0 Å². The summed E-state index contributed by atoms with van der Waals surface area (Å²) in [6.45, 7) is 3.28. The van der Waals surface area contributed by atoms with Gasteiger partial charge in [0.25, 0.3) is 5.56 Å². The molecular formula is C11H15BrN2O3. The monoisotopic (exact) mass is 302 g/mol. The number of halogens is 1. The van der Waals surface area contributed by atoms with Crippen LogP contribution in [0, 0.1) is 0 Å². The van der Waals surface area contributed by atoms with E-state index in [0.29, 0.717) is 0 Å². The number of nitrogens with zero attached hydrogens (tertiary/aromatic N) is 1. The quantitative estimate of drug-likeness (QED) is 0.851. The molecule has 0 aromatic carbocycles. The summed E-state index contributed by atoms with van der Waals surface area (Å²) in [4.78, 5) is 22.9. The zero-order chi connectivity index (χ0) is 13.1. The fourth-order valence-corrected chi connectivity index (χ4v) is 1.53. The molecule has 6 heteroatoms. The summed E-state index contributed by atoms with van der Waals surface area (Å²) in [5, 5.41) is 12.0. The summed E-state index contributed by atoms with van der Waals surface area (Å²) in [6, 6.07) is 3.00. The van der Waals surface area contributed by atoms with Crippen molar-refractivity contribution in [3.05, 3.63) is 33.2 Å². The van der Waals surface area contributed by atoms with Crippen molar-refractivity contribution in [3.63, 3.8) is 0 Å². The second-order valence-electron chi connectivity index (χ2n) is 4.40. The fraction of sp³-hybridized carbons (Fsp3) is 0.455. The van der Waals surface area contributed by atoms with Crippen LogP contribution in [0.5, 0.6) is 0 Å². The predicted molar refractivity (Wildman–Crippen MR) is 67.7 cm³/mol. The van der Waals surface area contributed by atoms with Crippen molar-refractivity contribution in [1.29, 1.82) is 0 Å². The number of hydrogen-bond acceptors (Lipinski definition) is 3. The molecule has 94 valence electrons. The summed E-state index contributed by atoms with van der Waals surface area (Å²) in [5.74, 6) is -0.313. The number of pyridine rings is 1. The molecule has 1 aromatic rings. The molecular weight excluding hydrogens is 288 g/mol. The van der Waals surface area contributed by atoms with Crippen molar-refractivity contribution in [1.82, 2.24) is 9.88 Å². The van der Waals surface area contributed by atoms with Gasteiger partial charge in [-0.1, -0.05) is 0 Å². The molecule has 0 aliphatic carbocycles. The summed E-state index contributed by atoms with van der Waals surface area (Å²) >= 11 is 3.23. The van der Waals surface area contributed by atoms with Gasteiger partial charge in [0.2, 0.25) is 5.91 Å². The molecule has 0 aliphatic heterocycles. The van der Waals surface area contributed by atoms with E-state index in [1.54, 1.807) is 26.1 Å². The van der Waals surface area contributed by atoms with E-state index < -0.39 is 5.60 Å². The molecule has 0 spiro atoms. The van der Waals surface area contributed by atoms with Crippen LogP contribution in [0.15, 0.2) is 27.6 Å². The SMILES string of the molecule is CC(C)(O)CNC(=O)Cn1cc(Br)ccc1=O. The first-order valence-electron chi connectivity index (χ1n) is 5.13. The van der Waals surface area contributed by atoms with E-state index in [1.807, 2.05) is 0 Å². The van der Waals surface area contributed by atoms with Crippen LogP contribution in [0.2, 0.25) is 0 Å². The molecule has 0 fully saturated rings. The first kappa shape index (κ1) is 13.9. The maximum Gasteiger partial charge on any atom is 0.251 e. The van der Waals surface area contributed by atoms with Crippen LogP contribution < -0.4 is 10.9 Å². The minimum atomic E-state index is -0.960. The molecule has 0 saturated heterocycles. The number of rotatable bonds is 4. The van der Waals surface area contributed by atoms with E-state index in [2.05, 4.69) is 21.2 Å². The highest BCUT2D eigenvalue weighted by molar-refractivity contribution is 9.10. The van der Waals surface area contributed by atoms with E-state index in [1.165, 1.54) is 10.6 Å². The van der Waals surface area contributed by atoms with Crippen LogP contribution in [0.4, 0.5) is 0 Å². The smallest absolute Gasteiger partial charge is 0.251 e. The van der Waals surface area contributed by atoms with Crippen LogP contribution in [0.3, 0.4) is 0 Å². The lowest BCUT2D eigenvalue weighted by Gasteiger charge is -2.17. The number of hydrogen-bond donors (Lipinski definition) is 2. The summed E-state index contributed by atoms with van der Waals surface area (Å²) in [5.41, 5.74) is -1.20. The van der Waals surface area contributed by atoms with Gasteiger partial charge in [0.05, 0.1) is 5.60 Å². The van der Waals surface area contributed by atoms with Crippen LogP contribution in [0.25, 0.3) is 0 Å². The van der Waals surface area contributed by atoms with Crippen molar-refractivity contribution < 1.29 is 9.90 Å². The molecule has 1 heterocycles. The lowest BCUT2D eigenvalue weighted by Crippen LogP contribution is -2.40. The van der Waals surface area contributed by atoms with Crippen LogP contribution in [-0.2, 0) is 11.3 Å². The van der Waals surface area contributed by atoms with Crippen molar-refractivity contribution in [3.8, 4) is 0 Å². The Bertz CT molecular complexity index is 463. The molecule has 2 N–H and O–H groups in total. The Labute approximate surface area is 108 Å². The molecule has 5 nitrogen and oxygen atoms in total. The molecule has 1 rings (SSSR count). The molecule has 0 radical (unpaired) electrons. The van der Waals surface area contributed by atoms with E-state index in [0.717, 1.165) is 4.47 Å². The highest BCUT2D eigenvalue weighted by Crippen LogP contribution is 2.04. The molecule has 0 aliphatic rings. The molecule has 1 amide bonds. The maximum absolute atomic E-state index is 11.5. The largest absolute Gasteiger partial charge is 0.389 e. The highest BCUT2D eigenvalue weighted by Gasteiger charge is 2.14. The minimum Gasteiger partial charge on any atom is -0.389 e. The molecule has 0 bridgehead atoms. The second kappa shape index (κ2) is 5.46. The Balaban J connectivity index is 2.62. The van der Waals surface area contributed by atoms with Crippen LogP contribution in [-0.4, -0.2) is 27.7 Å². The predicted octanol–water partition coefficient (Wildman–Crippen LogP) is 0.498. The van der Waals surface area contributed by atoms with E-state index in [9.17, 15) is 14.7 Å². The molecule has 1 aromatic heterocycles. The van der Waals surface area contributed by atoms with E-state index in [-0.39, 0.29) is 24.6 Å². The Hall–Kier alpha value is -1.14. The van der Waals surface area contributed by atoms with Crippen molar-refractivity contribution in [2.45, 2.75) is 26.0 Å². The van der Waals surface area contributed by atoms with Gasteiger partial charge in [-0.15, -0.1) is 0 Å². The molecule has 0 atom stereocenters. The van der Waals surface area contributed by atoms with Gasteiger partial charge >= 0.3 is 0 Å². The van der Waals surface area contributed by atoms with Gasteiger partial charge in [0, 0.05) is 23.3 Å². The van der Waals surface area contributed by atoms with Gasteiger partial charge in [-0.3, -0.25) is 9.59 Å². The number of aromatic nitrogens is 1. The average Bonchev–Trinajstić information content (AvgIpc) is 2.20. The van der Waals surface area contributed by atoms with Gasteiger partial charge in [-0.05, 0) is 35.8 Å². The van der Waals surface area contributed by atoms with Crippen molar-refractivity contribution in [2.75, 3.05) is 6.54 Å². The van der Waals surface area contributed by atoms with Gasteiger partial charge < -0.3 is 15.0 Å². The second-order valence-corrected chi connectivity index (χ2v) is 5.32. The number of amides is 1. The lowest BCUT2D eigenvalue weighted by molar-refractivity contribution is -0.122. The number of carbonyl (C=O) groups excluding carboxylic acids is 1. The molecule has 0 unspecified atom stereocenters.